The molecule has 0 amide bonds. The molecule has 0 saturated heterocycles. The fourth-order valence-corrected chi connectivity index (χ4v) is 2.68. The first kappa shape index (κ1) is 13.0. The maximum Gasteiger partial charge on any atom is 0.0108 e. The molecule has 2 rings (SSSR count). The molecule has 0 aliphatic carbocycles. The molecule has 0 radical (unpaired) electrons. The zero-order valence-electron chi connectivity index (χ0n) is 11.1. The van der Waals surface area contributed by atoms with Gasteiger partial charge in [-0.1, -0.05) is 43.0 Å². The Labute approximate surface area is 115 Å². The molecule has 2 aromatic rings. The number of rotatable bonds is 2. The highest BCUT2D eigenvalue weighted by Gasteiger charge is 2.14. The van der Waals surface area contributed by atoms with Crippen molar-refractivity contribution in [1.29, 1.82) is 0 Å². The van der Waals surface area contributed by atoms with Crippen LogP contribution in [0.3, 0.4) is 0 Å². The van der Waals surface area contributed by atoms with Crippen LogP contribution in [0.1, 0.15) is 22.3 Å². The lowest BCUT2D eigenvalue weighted by molar-refractivity contribution is 1.17. The number of benzene rings is 2. The van der Waals surface area contributed by atoms with Crippen molar-refractivity contribution in [2.45, 2.75) is 25.7 Å². The predicted octanol–water partition coefficient (Wildman–Crippen LogP) is 5.21. The molecule has 0 aromatic heterocycles. The van der Waals surface area contributed by atoms with Gasteiger partial charge in [0.1, 0.15) is 0 Å². The highest BCUT2D eigenvalue weighted by atomic mass is 32.1. The van der Waals surface area contributed by atoms with Crippen LogP contribution in [-0.2, 0) is 0 Å². The van der Waals surface area contributed by atoms with Crippen molar-refractivity contribution in [1.82, 2.24) is 0 Å². The number of hydrogen-bond donors (Lipinski definition) is 1. The first-order valence-corrected chi connectivity index (χ1v) is 6.53. The molecule has 0 N–H and O–H groups in total. The van der Waals surface area contributed by atoms with Gasteiger partial charge in [0.15, 0.2) is 0 Å². The molecule has 2 aromatic carbocycles. The second kappa shape index (κ2) is 5.03. The summed E-state index contributed by atoms with van der Waals surface area (Å²) in [6.07, 6.45) is 1.95. The standard InChI is InChI=1S/C17H18S/c1-5-15-11(2)12(3)17(18)13(4)16(15)14-9-7-6-8-10-14/h5-10,18H,1H2,2-4H3. The fourth-order valence-electron chi connectivity index (χ4n) is 2.40. The topological polar surface area (TPSA) is 0 Å². The summed E-state index contributed by atoms with van der Waals surface area (Å²) in [6, 6.07) is 10.4. The van der Waals surface area contributed by atoms with E-state index in [2.05, 4.69) is 64.2 Å². The van der Waals surface area contributed by atoms with Crippen LogP contribution < -0.4 is 0 Å². The molecular weight excluding hydrogens is 236 g/mol. The highest BCUT2D eigenvalue weighted by Crippen LogP contribution is 2.36. The average Bonchev–Trinajstić information content (AvgIpc) is 2.41. The van der Waals surface area contributed by atoms with E-state index in [0.29, 0.717) is 0 Å². The van der Waals surface area contributed by atoms with Crippen molar-refractivity contribution in [3.05, 3.63) is 59.2 Å². The van der Waals surface area contributed by atoms with Crippen LogP contribution in [0.2, 0.25) is 0 Å². The third-order valence-corrected chi connectivity index (χ3v) is 4.26. The van der Waals surface area contributed by atoms with Gasteiger partial charge in [0.2, 0.25) is 0 Å². The molecular formula is C17H18S. The molecule has 0 aliphatic rings. The van der Waals surface area contributed by atoms with Gasteiger partial charge in [-0.05, 0) is 54.2 Å². The van der Waals surface area contributed by atoms with Gasteiger partial charge in [0.05, 0.1) is 0 Å². The van der Waals surface area contributed by atoms with Gasteiger partial charge in [0, 0.05) is 4.90 Å². The van der Waals surface area contributed by atoms with Gasteiger partial charge in [-0.25, -0.2) is 0 Å². The summed E-state index contributed by atoms with van der Waals surface area (Å²) in [4.78, 5) is 1.08. The van der Waals surface area contributed by atoms with Crippen molar-refractivity contribution in [2.75, 3.05) is 0 Å². The lowest BCUT2D eigenvalue weighted by atomic mass is 9.89. The van der Waals surface area contributed by atoms with E-state index in [0.717, 1.165) is 4.90 Å². The summed E-state index contributed by atoms with van der Waals surface area (Å²) < 4.78 is 0. The van der Waals surface area contributed by atoms with Gasteiger partial charge in [-0.3, -0.25) is 0 Å². The lowest BCUT2D eigenvalue weighted by Gasteiger charge is -2.18. The summed E-state index contributed by atoms with van der Waals surface area (Å²) in [6.45, 7) is 10.3. The maximum atomic E-state index is 4.65. The van der Waals surface area contributed by atoms with Gasteiger partial charge >= 0.3 is 0 Å². The molecule has 0 spiro atoms. The molecule has 0 bridgehead atoms. The minimum absolute atomic E-state index is 1.08. The summed E-state index contributed by atoms with van der Waals surface area (Å²) in [5.41, 5.74) is 7.42. The number of thiol groups is 1. The summed E-state index contributed by atoms with van der Waals surface area (Å²) in [5.74, 6) is 0. The van der Waals surface area contributed by atoms with Gasteiger partial charge in [0.25, 0.3) is 0 Å². The Morgan fingerprint density at radius 3 is 2.11 bits per heavy atom. The van der Waals surface area contributed by atoms with Crippen LogP contribution in [0.25, 0.3) is 17.2 Å². The summed E-state index contributed by atoms with van der Waals surface area (Å²) in [7, 11) is 0. The predicted molar refractivity (Wildman–Crippen MR) is 83.4 cm³/mol. The lowest BCUT2D eigenvalue weighted by Crippen LogP contribution is -1.97. The van der Waals surface area contributed by atoms with E-state index in [1.54, 1.807) is 0 Å². The Morgan fingerprint density at radius 1 is 0.944 bits per heavy atom. The summed E-state index contributed by atoms with van der Waals surface area (Å²) in [5, 5.41) is 0. The first-order chi connectivity index (χ1) is 8.57. The van der Waals surface area contributed by atoms with E-state index in [1.807, 2.05) is 12.1 Å². The Balaban J connectivity index is 2.86. The van der Waals surface area contributed by atoms with Crippen LogP contribution in [0.4, 0.5) is 0 Å². The molecule has 0 aliphatic heterocycles. The zero-order chi connectivity index (χ0) is 13.3. The first-order valence-electron chi connectivity index (χ1n) is 6.08. The van der Waals surface area contributed by atoms with Crippen molar-refractivity contribution in [2.24, 2.45) is 0 Å². The van der Waals surface area contributed by atoms with E-state index in [1.165, 1.54) is 33.4 Å². The van der Waals surface area contributed by atoms with Crippen molar-refractivity contribution >= 4 is 18.7 Å². The molecule has 0 fully saturated rings. The highest BCUT2D eigenvalue weighted by molar-refractivity contribution is 7.80. The summed E-state index contributed by atoms with van der Waals surface area (Å²) >= 11 is 4.65. The maximum absolute atomic E-state index is 4.65. The quantitative estimate of drug-likeness (QED) is 0.699. The molecule has 0 heterocycles. The van der Waals surface area contributed by atoms with Gasteiger partial charge in [-0.15, -0.1) is 12.6 Å². The zero-order valence-corrected chi connectivity index (χ0v) is 12.0. The molecule has 0 nitrogen and oxygen atoms in total. The van der Waals surface area contributed by atoms with Crippen LogP contribution in [0.15, 0.2) is 41.8 Å². The Morgan fingerprint density at radius 2 is 1.56 bits per heavy atom. The molecule has 0 atom stereocenters. The second-order valence-corrected chi connectivity index (χ2v) is 5.03. The van der Waals surface area contributed by atoms with Gasteiger partial charge in [-0.2, -0.15) is 0 Å². The SMILES string of the molecule is C=Cc1c(C)c(C)c(S)c(C)c1-c1ccccc1. The Kier molecular flexibility index (Phi) is 3.63. The van der Waals surface area contributed by atoms with Crippen molar-refractivity contribution in [3.8, 4) is 11.1 Å². The Bertz CT molecular complexity index is 595. The van der Waals surface area contributed by atoms with Crippen LogP contribution >= 0.6 is 12.6 Å². The average molecular weight is 254 g/mol. The normalized spacial score (nSPS) is 10.4. The van der Waals surface area contributed by atoms with E-state index in [9.17, 15) is 0 Å². The van der Waals surface area contributed by atoms with E-state index in [-0.39, 0.29) is 0 Å². The van der Waals surface area contributed by atoms with E-state index < -0.39 is 0 Å². The Hall–Kier alpha value is -1.47. The second-order valence-electron chi connectivity index (χ2n) is 4.58. The molecule has 18 heavy (non-hydrogen) atoms. The number of hydrogen-bond acceptors (Lipinski definition) is 1. The van der Waals surface area contributed by atoms with E-state index in [4.69, 9.17) is 0 Å². The van der Waals surface area contributed by atoms with Crippen LogP contribution in [0, 0.1) is 20.8 Å². The van der Waals surface area contributed by atoms with Crippen molar-refractivity contribution in [3.63, 3.8) is 0 Å². The largest absolute Gasteiger partial charge is 0.143 e. The molecule has 1 heteroatoms. The minimum Gasteiger partial charge on any atom is -0.143 e. The smallest absolute Gasteiger partial charge is 0.0108 e. The molecule has 92 valence electrons. The molecule has 0 unspecified atom stereocenters. The van der Waals surface area contributed by atoms with Crippen LogP contribution in [0.5, 0.6) is 0 Å². The molecule has 0 saturated carbocycles. The van der Waals surface area contributed by atoms with Gasteiger partial charge < -0.3 is 0 Å². The monoisotopic (exact) mass is 254 g/mol. The van der Waals surface area contributed by atoms with Crippen LogP contribution in [-0.4, -0.2) is 0 Å². The fraction of sp³-hybridized carbons (Fsp3) is 0.176. The van der Waals surface area contributed by atoms with E-state index >= 15 is 0 Å². The van der Waals surface area contributed by atoms with Crippen molar-refractivity contribution < 1.29 is 0 Å². The third-order valence-electron chi connectivity index (χ3n) is 3.59. The minimum atomic E-state index is 1.08. The third kappa shape index (κ3) is 1.99.